The van der Waals surface area contributed by atoms with Crippen LogP contribution in [0, 0.1) is 0 Å². The van der Waals surface area contributed by atoms with Crippen LogP contribution in [-0.4, -0.2) is 21.7 Å². The molecule has 0 aliphatic carbocycles. The van der Waals surface area contributed by atoms with Crippen LogP contribution in [0.2, 0.25) is 0 Å². The molecule has 0 fully saturated rings. The minimum Gasteiger partial charge on any atom is -0.291 e. The number of thioether (sulfide) groups is 1. The van der Waals surface area contributed by atoms with E-state index in [-0.39, 0.29) is 11.5 Å². The number of anilines is 1. The van der Waals surface area contributed by atoms with Crippen molar-refractivity contribution >= 4 is 34.7 Å². The fourth-order valence-corrected chi connectivity index (χ4v) is 4.59. The first-order chi connectivity index (χ1) is 13.2. The quantitative estimate of drug-likeness (QED) is 0.540. The maximum absolute atomic E-state index is 13.0. The van der Waals surface area contributed by atoms with Gasteiger partial charge in [-0.3, -0.25) is 14.6 Å². The van der Waals surface area contributed by atoms with Gasteiger partial charge in [0.1, 0.15) is 0 Å². The van der Waals surface area contributed by atoms with Crippen molar-refractivity contribution in [3.05, 3.63) is 57.0 Å². The molecule has 0 saturated carbocycles. The molecule has 0 spiro atoms. The van der Waals surface area contributed by atoms with E-state index in [1.54, 1.807) is 20.9 Å². The number of hydrogen-bond donors (Lipinski definition) is 1. The first-order valence-corrected chi connectivity index (χ1v) is 10.7. The van der Waals surface area contributed by atoms with Crippen LogP contribution in [0.25, 0.3) is 11.3 Å². The highest BCUT2D eigenvalue weighted by molar-refractivity contribution is 7.99. The highest BCUT2D eigenvalue weighted by atomic mass is 32.2. The number of fused-ring (bicyclic) bond motifs is 3. The van der Waals surface area contributed by atoms with Gasteiger partial charge in [-0.25, -0.2) is 4.90 Å². The summed E-state index contributed by atoms with van der Waals surface area (Å²) in [5.74, 6) is 0.781. The highest BCUT2D eigenvalue weighted by Crippen LogP contribution is 2.37. The number of nitrogens with one attached hydrogen (secondary N) is 1. The molecule has 8 heteroatoms. The summed E-state index contributed by atoms with van der Waals surface area (Å²) >= 11 is 3.03. The number of benzene rings is 1. The third kappa shape index (κ3) is 2.98. The summed E-state index contributed by atoms with van der Waals surface area (Å²) in [4.78, 5) is 30.5. The van der Waals surface area contributed by atoms with Gasteiger partial charge in [0.05, 0.1) is 16.8 Å². The van der Waals surface area contributed by atoms with Crippen LogP contribution in [0.5, 0.6) is 0 Å². The number of thiophene rings is 1. The molecule has 1 aliphatic heterocycles. The number of carbonyl (C=O) groups is 1. The number of aromatic nitrogens is 3. The van der Waals surface area contributed by atoms with Crippen LogP contribution in [0.4, 0.5) is 5.69 Å². The van der Waals surface area contributed by atoms with Gasteiger partial charge in [0, 0.05) is 16.9 Å². The number of para-hydroxylation sites is 1. The molecule has 1 aromatic carbocycles. The molecule has 27 heavy (non-hydrogen) atoms. The van der Waals surface area contributed by atoms with Crippen LogP contribution >= 0.6 is 23.1 Å². The lowest BCUT2D eigenvalue weighted by Gasteiger charge is -2.31. The molecule has 0 saturated heterocycles. The lowest BCUT2D eigenvalue weighted by molar-refractivity contribution is -0.763. The molecule has 2 aromatic heterocycles. The first-order valence-electron chi connectivity index (χ1n) is 8.78. The van der Waals surface area contributed by atoms with Gasteiger partial charge in [-0.15, -0.1) is 0 Å². The van der Waals surface area contributed by atoms with E-state index in [1.807, 2.05) is 54.9 Å². The standard InChI is InChI=1S/C19H18N4O2S2/c1-3-15(24)22-14-8-6-5-7-13(14)16-17(25)20-19(27-4-2)21-23(16)18(22)12-9-10-26-11-12/h5-11,18H,3-4H2,1-2H3/p+1/t18-/m1/s1. The average Bonchev–Trinajstić information content (AvgIpc) is 3.20. The summed E-state index contributed by atoms with van der Waals surface area (Å²) in [5.41, 5.74) is 2.67. The molecule has 0 unspecified atom stereocenters. The van der Waals surface area contributed by atoms with Crippen LogP contribution in [-0.2, 0) is 4.79 Å². The van der Waals surface area contributed by atoms with Crippen LogP contribution in [0.1, 0.15) is 32.0 Å². The summed E-state index contributed by atoms with van der Waals surface area (Å²) in [6, 6.07) is 9.49. The third-order valence-electron chi connectivity index (χ3n) is 4.45. The molecule has 0 radical (unpaired) electrons. The Morgan fingerprint density at radius 2 is 2.15 bits per heavy atom. The zero-order valence-corrected chi connectivity index (χ0v) is 16.6. The lowest BCUT2D eigenvalue weighted by atomic mass is 10.0. The molecule has 6 nitrogen and oxygen atoms in total. The van der Waals surface area contributed by atoms with E-state index in [0.29, 0.717) is 22.8 Å². The molecular weight excluding hydrogens is 380 g/mol. The summed E-state index contributed by atoms with van der Waals surface area (Å²) in [6.07, 6.45) is -0.114. The largest absolute Gasteiger partial charge is 0.325 e. The molecular formula is C19H19N4O2S2+. The Hall–Kier alpha value is -2.45. The summed E-state index contributed by atoms with van der Waals surface area (Å²) in [7, 11) is 0. The number of amides is 1. The van der Waals surface area contributed by atoms with Crippen molar-refractivity contribution < 1.29 is 9.48 Å². The maximum Gasteiger partial charge on any atom is 0.325 e. The van der Waals surface area contributed by atoms with Gasteiger partial charge in [-0.2, -0.15) is 11.3 Å². The van der Waals surface area contributed by atoms with Gasteiger partial charge in [-0.05, 0) is 34.0 Å². The molecule has 1 N–H and O–H groups in total. The summed E-state index contributed by atoms with van der Waals surface area (Å²) < 4.78 is 1.70. The Kier molecular flexibility index (Phi) is 4.84. The predicted octanol–water partition coefficient (Wildman–Crippen LogP) is 3.20. The van der Waals surface area contributed by atoms with Crippen molar-refractivity contribution in [2.75, 3.05) is 10.7 Å². The van der Waals surface area contributed by atoms with E-state index < -0.39 is 6.17 Å². The van der Waals surface area contributed by atoms with Crippen LogP contribution < -0.4 is 15.1 Å². The van der Waals surface area contributed by atoms with Gasteiger partial charge in [0.15, 0.2) is 0 Å². The van der Waals surface area contributed by atoms with Gasteiger partial charge in [0.25, 0.3) is 6.17 Å². The fraction of sp³-hybridized carbons (Fsp3) is 0.263. The Morgan fingerprint density at radius 3 is 2.85 bits per heavy atom. The number of rotatable bonds is 4. The van der Waals surface area contributed by atoms with Crippen molar-refractivity contribution in [2.24, 2.45) is 0 Å². The Labute approximate surface area is 164 Å². The van der Waals surface area contributed by atoms with E-state index in [0.717, 1.165) is 17.0 Å². The number of hydrogen-bond acceptors (Lipinski definition) is 5. The Morgan fingerprint density at radius 1 is 1.33 bits per heavy atom. The second-order valence-electron chi connectivity index (χ2n) is 6.05. The number of carbonyl (C=O) groups excluding carboxylic acids is 1. The zero-order chi connectivity index (χ0) is 19.0. The van der Waals surface area contributed by atoms with Crippen molar-refractivity contribution in [1.29, 1.82) is 0 Å². The second kappa shape index (κ2) is 7.28. The number of nitrogens with zero attached hydrogens (tertiary/aromatic N) is 3. The molecule has 1 atom stereocenters. The van der Waals surface area contributed by atoms with Crippen LogP contribution in [0.3, 0.4) is 0 Å². The van der Waals surface area contributed by atoms with Gasteiger partial charge in [-0.1, -0.05) is 37.7 Å². The van der Waals surface area contributed by atoms with Gasteiger partial charge in [0.2, 0.25) is 11.1 Å². The van der Waals surface area contributed by atoms with Crippen molar-refractivity contribution in [3.63, 3.8) is 0 Å². The van der Waals surface area contributed by atoms with Crippen LogP contribution in [0.15, 0.2) is 51.0 Å². The molecule has 4 rings (SSSR count). The maximum atomic E-state index is 13.0. The Bertz CT molecular complexity index is 1050. The van der Waals surface area contributed by atoms with E-state index in [9.17, 15) is 9.59 Å². The van der Waals surface area contributed by atoms with Crippen molar-refractivity contribution in [2.45, 2.75) is 31.6 Å². The monoisotopic (exact) mass is 399 g/mol. The average molecular weight is 400 g/mol. The molecule has 0 bridgehead atoms. The minimum atomic E-state index is -0.480. The summed E-state index contributed by atoms with van der Waals surface area (Å²) in [6.45, 7) is 3.85. The summed E-state index contributed by atoms with van der Waals surface area (Å²) in [5, 5.41) is 9.23. The molecule has 1 aliphatic rings. The van der Waals surface area contributed by atoms with E-state index >= 15 is 0 Å². The molecule has 3 aromatic rings. The molecule has 1 amide bonds. The van der Waals surface area contributed by atoms with Crippen molar-refractivity contribution in [3.8, 4) is 11.3 Å². The van der Waals surface area contributed by atoms with Crippen molar-refractivity contribution in [1.82, 2.24) is 10.1 Å². The van der Waals surface area contributed by atoms with E-state index in [4.69, 9.17) is 5.10 Å². The first kappa shape index (κ1) is 17.9. The smallest absolute Gasteiger partial charge is 0.291 e. The molecule has 3 heterocycles. The van der Waals surface area contributed by atoms with E-state index in [2.05, 4.69) is 4.98 Å². The fourth-order valence-electron chi connectivity index (χ4n) is 3.34. The zero-order valence-electron chi connectivity index (χ0n) is 15.0. The highest BCUT2D eigenvalue weighted by Gasteiger charge is 2.45. The topological polar surface area (TPSA) is 69.9 Å². The van der Waals surface area contributed by atoms with Gasteiger partial charge >= 0.3 is 11.3 Å². The number of aromatic amines is 1. The molecule has 138 valence electrons. The normalized spacial score (nSPS) is 15.3. The SMILES string of the molecule is CCSc1n[n+]2c(c(=O)[nH]1)-c1ccccc1N(C(=O)CC)[C@H]2c1ccsc1. The minimum absolute atomic E-state index is 0.0106. The van der Waals surface area contributed by atoms with Gasteiger partial charge < -0.3 is 0 Å². The third-order valence-corrected chi connectivity index (χ3v) is 5.90. The predicted molar refractivity (Wildman–Crippen MR) is 107 cm³/mol. The second-order valence-corrected chi connectivity index (χ2v) is 8.08. The lowest BCUT2D eigenvalue weighted by Crippen LogP contribution is -2.60. The number of H-pyrrole nitrogens is 1. The van der Waals surface area contributed by atoms with E-state index in [1.165, 1.54) is 11.8 Å². The Balaban J connectivity index is 2.06.